The number of alkyl halides is 3. The molecular weight excluding hydrogens is 337 g/mol. The summed E-state index contributed by atoms with van der Waals surface area (Å²) in [7, 11) is 0. The van der Waals surface area contributed by atoms with Crippen LogP contribution in [0.5, 0.6) is 0 Å². The maximum atomic E-state index is 12.7. The van der Waals surface area contributed by atoms with Gasteiger partial charge in [0, 0.05) is 19.3 Å². The smallest absolute Gasteiger partial charge is 0.346 e. The summed E-state index contributed by atoms with van der Waals surface area (Å²) in [6, 6.07) is -0.00177. The normalized spacial score (nSPS) is 19.2. The van der Waals surface area contributed by atoms with Crippen LogP contribution in [0.1, 0.15) is 37.3 Å². The summed E-state index contributed by atoms with van der Waals surface area (Å²) in [5.41, 5.74) is -1.06. The number of hydrogen-bond acceptors (Lipinski definition) is 4. The summed E-state index contributed by atoms with van der Waals surface area (Å²) < 4.78 is 38.1. The predicted molar refractivity (Wildman–Crippen MR) is 83.1 cm³/mol. The highest BCUT2D eigenvalue weighted by atomic mass is 19.4. The SMILES string of the molecule is C=CC(=O)N1CCCC(C(=O)NC(C)c2nccc(C(F)(F)F)n2)C1. The minimum Gasteiger partial charge on any atom is -0.346 e. The van der Waals surface area contributed by atoms with Gasteiger partial charge in [-0.2, -0.15) is 13.2 Å². The molecule has 0 aliphatic carbocycles. The lowest BCUT2D eigenvalue weighted by molar-refractivity contribution is -0.141. The summed E-state index contributed by atoms with van der Waals surface area (Å²) >= 11 is 0. The van der Waals surface area contributed by atoms with Crippen molar-refractivity contribution in [2.24, 2.45) is 5.92 Å². The van der Waals surface area contributed by atoms with Gasteiger partial charge in [0.15, 0.2) is 5.82 Å². The average Bonchev–Trinajstić information content (AvgIpc) is 2.60. The fraction of sp³-hybridized carbons (Fsp3) is 0.500. The van der Waals surface area contributed by atoms with E-state index in [0.29, 0.717) is 19.4 Å². The van der Waals surface area contributed by atoms with Gasteiger partial charge in [0.05, 0.1) is 12.0 Å². The van der Waals surface area contributed by atoms with E-state index in [1.807, 2.05) is 0 Å². The number of nitrogens with zero attached hydrogens (tertiary/aromatic N) is 3. The number of amides is 2. The Labute approximate surface area is 143 Å². The van der Waals surface area contributed by atoms with Crippen LogP contribution in [0.3, 0.4) is 0 Å². The molecule has 2 rings (SSSR count). The highest BCUT2D eigenvalue weighted by Crippen LogP contribution is 2.27. The molecule has 0 bridgehead atoms. The van der Waals surface area contributed by atoms with Gasteiger partial charge >= 0.3 is 6.18 Å². The molecule has 1 aromatic heterocycles. The second kappa shape index (κ2) is 7.62. The van der Waals surface area contributed by atoms with Crippen LogP contribution in [0.4, 0.5) is 13.2 Å². The Morgan fingerprint density at radius 3 is 2.84 bits per heavy atom. The first-order chi connectivity index (χ1) is 11.7. The number of carbonyl (C=O) groups is 2. The van der Waals surface area contributed by atoms with Gasteiger partial charge in [-0.1, -0.05) is 6.58 Å². The summed E-state index contributed by atoms with van der Waals surface area (Å²) in [5, 5.41) is 2.63. The Morgan fingerprint density at radius 1 is 1.48 bits per heavy atom. The van der Waals surface area contributed by atoms with Crippen LogP contribution < -0.4 is 5.32 Å². The third-order valence-corrected chi connectivity index (χ3v) is 3.99. The molecule has 1 aliphatic rings. The zero-order valence-electron chi connectivity index (χ0n) is 13.7. The van der Waals surface area contributed by atoms with E-state index >= 15 is 0 Å². The van der Waals surface area contributed by atoms with Gasteiger partial charge in [0.2, 0.25) is 11.8 Å². The first-order valence-electron chi connectivity index (χ1n) is 7.84. The molecule has 0 aromatic carbocycles. The minimum absolute atomic E-state index is 0.113. The van der Waals surface area contributed by atoms with Crippen LogP contribution in [-0.4, -0.2) is 39.8 Å². The second-order valence-electron chi connectivity index (χ2n) is 5.86. The maximum Gasteiger partial charge on any atom is 0.433 e. The third-order valence-electron chi connectivity index (χ3n) is 3.99. The molecule has 25 heavy (non-hydrogen) atoms. The first-order valence-corrected chi connectivity index (χ1v) is 7.84. The second-order valence-corrected chi connectivity index (χ2v) is 5.86. The molecule has 9 heteroatoms. The standard InChI is InChI=1S/C16H19F3N4O2/c1-3-13(24)23-8-4-5-11(9-23)15(25)21-10(2)14-20-7-6-12(22-14)16(17,18)19/h3,6-7,10-11H,1,4-5,8-9H2,2H3,(H,21,25). The fourth-order valence-electron chi connectivity index (χ4n) is 2.66. The van der Waals surface area contributed by atoms with Crippen LogP contribution in [0.2, 0.25) is 0 Å². The van der Waals surface area contributed by atoms with Crippen LogP contribution in [0.25, 0.3) is 0 Å². The lowest BCUT2D eigenvalue weighted by Gasteiger charge is -2.31. The molecule has 2 amide bonds. The number of piperidine rings is 1. The quantitative estimate of drug-likeness (QED) is 0.839. The van der Waals surface area contributed by atoms with Crippen LogP contribution in [0.15, 0.2) is 24.9 Å². The van der Waals surface area contributed by atoms with E-state index in [0.717, 1.165) is 12.3 Å². The number of nitrogens with one attached hydrogen (secondary N) is 1. The zero-order chi connectivity index (χ0) is 18.6. The Balaban J connectivity index is 2.02. The number of hydrogen-bond donors (Lipinski definition) is 1. The van der Waals surface area contributed by atoms with E-state index in [1.165, 1.54) is 17.9 Å². The Bertz CT molecular complexity index is 663. The van der Waals surface area contributed by atoms with Gasteiger partial charge in [-0.05, 0) is 31.9 Å². The molecule has 6 nitrogen and oxygen atoms in total. The molecule has 1 fully saturated rings. The van der Waals surface area contributed by atoms with Crippen molar-refractivity contribution in [2.75, 3.05) is 13.1 Å². The lowest BCUT2D eigenvalue weighted by atomic mass is 9.96. The van der Waals surface area contributed by atoms with Gasteiger partial charge < -0.3 is 10.2 Å². The van der Waals surface area contributed by atoms with E-state index in [1.54, 1.807) is 0 Å². The Hall–Kier alpha value is -2.45. The molecule has 0 spiro atoms. The molecule has 136 valence electrons. The van der Waals surface area contributed by atoms with E-state index in [2.05, 4.69) is 21.9 Å². The van der Waals surface area contributed by atoms with E-state index in [9.17, 15) is 22.8 Å². The molecule has 0 saturated carbocycles. The molecule has 1 aliphatic heterocycles. The first kappa shape index (κ1) is 18.9. The Morgan fingerprint density at radius 2 is 2.20 bits per heavy atom. The van der Waals surface area contributed by atoms with Gasteiger partial charge in [-0.3, -0.25) is 9.59 Å². The number of likely N-dealkylation sites (tertiary alicyclic amines) is 1. The largest absolute Gasteiger partial charge is 0.433 e. The van der Waals surface area contributed by atoms with Crippen molar-refractivity contribution in [1.82, 2.24) is 20.2 Å². The summed E-state index contributed by atoms with van der Waals surface area (Å²) in [6.45, 7) is 5.75. The van der Waals surface area contributed by atoms with Crippen molar-refractivity contribution in [3.05, 3.63) is 36.4 Å². The number of aromatic nitrogens is 2. The summed E-state index contributed by atoms with van der Waals surface area (Å²) in [4.78, 5) is 32.8. The molecule has 2 unspecified atom stereocenters. The molecule has 1 aromatic rings. The number of halogens is 3. The summed E-state index contributed by atoms with van der Waals surface area (Å²) in [6.07, 6.45) is -1.09. The van der Waals surface area contributed by atoms with Gasteiger partial charge in [-0.15, -0.1) is 0 Å². The average molecular weight is 356 g/mol. The fourth-order valence-corrected chi connectivity index (χ4v) is 2.66. The Kier molecular flexibility index (Phi) is 5.76. The van der Waals surface area contributed by atoms with Gasteiger partial charge in [0.25, 0.3) is 0 Å². The van der Waals surface area contributed by atoms with Crippen LogP contribution in [0, 0.1) is 5.92 Å². The lowest BCUT2D eigenvalue weighted by Crippen LogP contribution is -2.45. The van der Waals surface area contributed by atoms with Crippen molar-refractivity contribution >= 4 is 11.8 Å². The molecule has 1 saturated heterocycles. The minimum atomic E-state index is -4.57. The molecule has 2 heterocycles. The third kappa shape index (κ3) is 4.77. The molecule has 1 N–H and O–H groups in total. The highest BCUT2D eigenvalue weighted by Gasteiger charge is 2.33. The maximum absolute atomic E-state index is 12.7. The van der Waals surface area contributed by atoms with Crippen molar-refractivity contribution in [3.63, 3.8) is 0 Å². The van der Waals surface area contributed by atoms with E-state index in [4.69, 9.17) is 0 Å². The van der Waals surface area contributed by atoms with Crippen molar-refractivity contribution in [1.29, 1.82) is 0 Å². The molecule has 0 radical (unpaired) electrons. The number of carbonyl (C=O) groups excluding carboxylic acids is 2. The van der Waals surface area contributed by atoms with Crippen LogP contribution in [-0.2, 0) is 15.8 Å². The molecular formula is C16H19F3N4O2. The summed E-state index contributed by atoms with van der Waals surface area (Å²) in [5.74, 6) is -1.12. The van der Waals surface area contributed by atoms with E-state index in [-0.39, 0.29) is 24.2 Å². The topological polar surface area (TPSA) is 75.2 Å². The predicted octanol–water partition coefficient (Wildman–Crippen LogP) is 2.10. The van der Waals surface area contributed by atoms with Crippen molar-refractivity contribution < 1.29 is 22.8 Å². The van der Waals surface area contributed by atoms with Crippen molar-refractivity contribution in [3.8, 4) is 0 Å². The molecule has 2 atom stereocenters. The van der Waals surface area contributed by atoms with Crippen LogP contribution >= 0.6 is 0 Å². The van der Waals surface area contributed by atoms with Gasteiger partial charge in [-0.25, -0.2) is 9.97 Å². The number of rotatable bonds is 4. The van der Waals surface area contributed by atoms with E-state index < -0.39 is 23.8 Å². The van der Waals surface area contributed by atoms with Gasteiger partial charge in [0.1, 0.15) is 5.69 Å². The zero-order valence-corrected chi connectivity index (χ0v) is 13.7. The monoisotopic (exact) mass is 356 g/mol. The van der Waals surface area contributed by atoms with Crippen molar-refractivity contribution in [2.45, 2.75) is 32.0 Å². The highest BCUT2D eigenvalue weighted by molar-refractivity contribution is 5.88.